The summed E-state index contributed by atoms with van der Waals surface area (Å²) in [5.41, 5.74) is 3.65. The summed E-state index contributed by atoms with van der Waals surface area (Å²) in [4.78, 5) is 4.65. The fourth-order valence-electron chi connectivity index (χ4n) is 1.82. The number of benzene rings is 1. The average Bonchev–Trinajstić information content (AvgIpc) is 2.75. The van der Waals surface area contributed by atoms with Gasteiger partial charge in [-0.05, 0) is 32.3 Å². The second-order valence-electron chi connectivity index (χ2n) is 6.19. The number of hydrogen-bond donors (Lipinski definition) is 1. The lowest BCUT2D eigenvalue weighted by atomic mass is 10.0. The van der Waals surface area contributed by atoms with Gasteiger partial charge in [-0.15, -0.1) is 11.3 Å². The topological polar surface area (TPSA) is 24.9 Å². The number of rotatable bonds is 3. The zero-order chi connectivity index (χ0) is 14.0. The standard InChI is InChI=1S/C16H22N2S/c1-11(2)12-6-8-13(9-7-12)14-10-19-15(17-14)18-16(3,4)5/h6-11H,1-5H3,(H,17,18). The first-order valence-electron chi connectivity index (χ1n) is 6.69. The minimum atomic E-state index is 0.0522. The molecule has 0 saturated heterocycles. The zero-order valence-corrected chi connectivity index (χ0v) is 13.1. The van der Waals surface area contributed by atoms with E-state index in [2.05, 4.69) is 74.6 Å². The first kappa shape index (κ1) is 14.1. The van der Waals surface area contributed by atoms with E-state index in [9.17, 15) is 0 Å². The molecule has 0 atom stereocenters. The van der Waals surface area contributed by atoms with Gasteiger partial charge in [-0.1, -0.05) is 38.1 Å². The highest BCUT2D eigenvalue weighted by Crippen LogP contribution is 2.27. The Bertz CT molecular complexity index is 533. The van der Waals surface area contributed by atoms with Crippen molar-refractivity contribution in [3.05, 3.63) is 35.2 Å². The third kappa shape index (κ3) is 3.80. The SMILES string of the molecule is CC(C)c1ccc(-c2csc(NC(C)(C)C)n2)cc1. The van der Waals surface area contributed by atoms with E-state index < -0.39 is 0 Å². The Morgan fingerprint density at radius 3 is 2.26 bits per heavy atom. The fourth-order valence-corrected chi connectivity index (χ4v) is 2.75. The van der Waals surface area contributed by atoms with Crippen molar-refractivity contribution in [3.8, 4) is 11.3 Å². The molecule has 2 nitrogen and oxygen atoms in total. The molecule has 0 saturated carbocycles. The highest BCUT2D eigenvalue weighted by Gasteiger charge is 2.12. The third-order valence-corrected chi connectivity index (χ3v) is 3.62. The summed E-state index contributed by atoms with van der Waals surface area (Å²) < 4.78 is 0. The molecule has 2 aromatic rings. The highest BCUT2D eigenvalue weighted by atomic mass is 32.1. The number of nitrogens with zero attached hydrogens (tertiary/aromatic N) is 1. The first-order valence-corrected chi connectivity index (χ1v) is 7.57. The van der Waals surface area contributed by atoms with Crippen molar-refractivity contribution >= 4 is 16.5 Å². The van der Waals surface area contributed by atoms with E-state index in [4.69, 9.17) is 0 Å². The average molecular weight is 274 g/mol. The van der Waals surface area contributed by atoms with Crippen LogP contribution in [0.25, 0.3) is 11.3 Å². The van der Waals surface area contributed by atoms with Crippen molar-refractivity contribution in [1.82, 2.24) is 4.98 Å². The summed E-state index contributed by atoms with van der Waals surface area (Å²) in [5, 5.41) is 6.50. The molecule has 0 aliphatic carbocycles. The fraction of sp³-hybridized carbons (Fsp3) is 0.438. The Hall–Kier alpha value is -1.35. The molecule has 0 aliphatic heterocycles. The van der Waals surface area contributed by atoms with Crippen molar-refractivity contribution in [1.29, 1.82) is 0 Å². The van der Waals surface area contributed by atoms with Crippen LogP contribution >= 0.6 is 11.3 Å². The molecule has 1 aromatic carbocycles. The monoisotopic (exact) mass is 274 g/mol. The molecule has 1 N–H and O–H groups in total. The predicted molar refractivity (Wildman–Crippen MR) is 85.0 cm³/mol. The molecular formula is C16H22N2S. The molecule has 0 unspecified atom stereocenters. The molecule has 0 radical (unpaired) electrons. The van der Waals surface area contributed by atoms with Gasteiger partial charge in [0.1, 0.15) is 0 Å². The van der Waals surface area contributed by atoms with Crippen LogP contribution in [0.2, 0.25) is 0 Å². The van der Waals surface area contributed by atoms with Crippen molar-refractivity contribution in [3.63, 3.8) is 0 Å². The smallest absolute Gasteiger partial charge is 0.183 e. The minimum absolute atomic E-state index is 0.0522. The molecule has 0 amide bonds. The van der Waals surface area contributed by atoms with Crippen LogP contribution in [0.5, 0.6) is 0 Å². The largest absolute Gasteiger partial charge is 0.357 e. The van der Waals surface area contributed by atoms with E-state index in [0.717, 1.165) is 10.8 Å². The van der Waals surface area contributed by atoms with Crippen LogP contribution in [0, 0.1) is 0 Å². The maximum Gasteiger partial charge on any atom is 0.183 e. The Kier molecular flexibility index (Phi) is 3.95. The maximum absolute atomic E-state index is 4.65. The van der Waals surface area contributed by atoms with E-state index in [1.165, 1.54) is 11.1 Å². The van der Waals surface area contributed by atoms with Crippen LogP contribution in [0.3, 0.4) is 0 Å². The summed E-state index contributed by atoms with van der Waals surface area (Å²) in [6.45, 7) is 10.9. The first-order chi connectivity index (χ1) is 8.85. The molecule has 0 spiro atoms. The van der Waals surface area contributed by atoms with Crippen LogP contribution in [0.15, 0.2) is 29.6 Å². The van der Waals surface area contributed by atoms with Crippen molar-refractivity contribution in [2.75, 3.05) is 5.32 Å². The normalized spacial score (nSPS) is 11.9. The van der Waals surface area contributed by atoms with Crippen LogP contribution in [-0.4, -0.2) is 10.5 Å². The molecule has 1 aromatic heterocycles. The highest BCUT2D eigenvalue weighted by molar-refractivity contribution is 7.14. The second kappa shape index (κ2) is 5.33. The number of hydrogen-bond acceptors (Lipinski definition) is 3. The summed E-state index contributed by atoms with van der Waals surface area (Å²) in [5.74, 6) is 0.572. The van der Waals surface area contributed by atoms with Gasteiger partial charge in [0.25, 0.3) is 0 Å². The minimum Gasteiger partial charge on any atom is -0.357 e. The van der Waals surface area contributed by atoms with Crippen molar-refractivity contribution < 1.29 is 0 Å². The zero-order valence-electron chi connectivity index (χ0n) is 12.3. The van der Waals surface area contributed by atoms with Gasteiger partial charge >= 0.3 is 0 Å². The molecule has 102 valence electrons. The lowest BCUT2D eigenvalue weighted by Crippen LogP contribution is -2.25. The molecule has 0 aliphatic rings. The molecule has 0 bridgehead atoms. The van der Waals surface area contributed by atoms with Gasteiger partial charge in [0.2, 0.25) is 0 Å². The lowest BCUT2D eigenvalue weighted by Gasteiger charge is -2.19. The number of anilines is 1. The van der Waals surface area contributed by atoms with Gasteiger partial charge in [0.15, 0.2) is 5.13 Å². The van der Waals surface area contributed by atoms with E-state index in [0.29, 0.717) is 5.92 Å². The number of nitrogens with one attached hydrogen (secondary N) is 1. The van der Waals surface area contributed by atoms with Crippen molar-refractivity contribution in [2.24, 2.45) is 0 Å². The van der Waals surface area contributed by atoms with E-state index in [-0.39, 0.29) is 5.54 Å². The van der Waals surface area contributed by atoms with Crippen molar-refractivity contribution in [2.45, 2.75) is 46.1 Å². The van der Waals surface area contributed by atoms with Crippen LogP contribution in [-0.2, 0) is 0 Å². The lowest BCUT2D eigenvalue weighted by molar-refractivity contribution is 0.633. The van der Waals surface area contributed by atoms with Gasteiger partial charge in [-0.25, -0.2) is 4.98 Å². The predicted octanol–water partition coefficient (Wildman–Crippen LogP) is 5.14. The van der Waals surface area contributed by atoms with Crippen LogP contribution in [0.4, 0.5) is 5.13 Å². The third-order valence-electron chi connectivity index (χ3n) is 2.86. The van der Waals surface area contributed by atoms with Gasteiger partial charge in [-0.3, -0.25) is 0 Å². The molecule has 19 heavy (non-hydrogen) atoms. The van der Waals surface area contributed by atoms with Gasteiger partial charge in [0, 0.05) is 16.5 Å². The number of aromatic nitrogens is 1. The Morgan fingerprint density at radius 2 is 1.74 bits per heavy atom. The quantitative estimate of drug-likeness (QED) is 0.837. The Morgan fingerprint density at radius 1 is 1.11 bits per heavy atom. The van der Waals surface area contributed by atoms with E-state index in [1.807, 2.05) is 0 Å². The summed E-state index contributed by atoms with van der Waals surface area (Å²) in [6.07, 6.45) is 0. The molecular weight excluding hydrogens is 252 g/mol. The molecule has 3 heteroatoms. The number of thiazole rings is 1. The van der Waals surface area contributed by atoms with E-state index in [1.54, 1.807) is 11.3 Å². The van der Waals surface area contributed by atoms with E-state index >= 15 is 0 Å². The van der Waals surface area contributed by atoms with Gasteiger partial charge in [-0.2, -0.15) is 0 Å². The van der Waals surface area contributed by atoms with Gasteiger partial charge in [0.05, 0.1) is 5.69 Å². The summed E-state index contributed by atoms with van der Waals surface area (Å²) in [6, 6.07) is 8.70. The molecule has 0 fully saturated rings. The molecule has 1 heterocycles. The summed E-state index contributed by atoms with van der Waals surface area (Å²) in [7, 11) is 0. The second-order valence-corrected chi connectivity index (χ2v) is 7.05. The summed E-state index contributed by atoms with van der Waals surface area (Å²) >= 11 is 1.66. The van der Waals surface area contributed by atoms with Crippen LogP contribution in [0.1, 0.15) is 46.1 Å². The van der Waals surface area contributed by atoms with Gasteiger partial charge < -0.3 is 5.32 Å². The Labute approximate surface area is 119 Å². The Balaban J connectivity index is 2.18. The maximum atomic E-state index is 4.65. The molecule has 2 rings (SSSR count). The van der Waals surface area contributed by atoms with Crippen LogP contribution < -0.4 is 5.32 Å².